The molecule has 6 nitrogen and oxygen atoms in total. The van der Waals surface area contributed by atoms with Gasteiger partial charge in [-0.25, -0.2) is 0 Å². The average molecular weight is 265 g/mol. The van der Waals surface area contributed by atoms with Gasteiger partial charge in [-0.3, -0.25) is 20.2 Å². The van der Waals surface area contributed by atoms with Crippen LogP contribution < -0.4 is 11.1 Å². The molecule has 0 aromatic heterocycles. The van der Waals surface area contributed by atoms with E-state index < -0.39 is 16.4 Å². The summed E-state index contributed by atoms with van der Waals surface area (Å²) in [4.78, 5) is 21.7. The highest BCUT2D eigenvalue weighted by Crippen LogP contribution is 2.23. The predicted molar refractivity (Wildman–Crippen MR) is 72.5 cm³/mol. The van der Waals surface area contributed by atoms with E-state index in [1.807, 2.05) is 6.92 Å². The van der Waals surface area contributed by atoms with Crippen molar-refractivity contribution in [2.45, 2.75) is 38.8 Å². The van der Waals surface area contributed by atoms with Gasteiger partial charge < -0.3 is 5.73 Å². The van der Waals surface area contributed by atoms with E-state index in [0.717, 1.165) is 5.56 Å². The monoisotopic (exact) mass is 265 g/mol. The number of amides is 1. The van der Waals surface area contributed by atoms with Gasteiger partial charge in [0.15, 0.2) is 0 Å². The highest BCUT2D eigenvalue weighted by molar-refractivity contribution is 5.83. The van der Waals surface area contributed by atoms with E-state index >= 15 is 0 Å². The van der Waals surface area contributed by atoms with Gasteiger partial charge >= 0.3 is 0 Å². The summed E-state index contributed by atoms with van der Waals surface area (Å²) in [6.45, 7) is 5.32. The topological polar surface area (TPSA) is 98.3 Å². The third-order valence-corrected chi connectivity index (χ3v) is 3.04. The Morgan fingerprint density at radius 1 is 1.53 bits per heavy atom. The van der Waals surface area contributed by atoms with Crippen LogP contribution in [0.3, 0.4) is 0 Å². The zero-order valence-electron chi connectivity index (χ0n) is 11.3. The Kier molecular flexibility index (Phi) is 4.61. The summed E-state index contributed by atoms with van der Waals surface area (Å²) < 4.78 is 0. The first kappa shape index (κ1) is 15.1. The molecular weight excluding hydrogens is 246 g/mol. The van der Waals surface area contributed by atoms with Crippen molar-refractivity contribution in [3.8, 4) is 0 Å². The van der Waals surface area contributed by atoms with Crippen LogP contribution in [0.25, 0.3) is 0 Å². The molecule has 0 heterocycles. The number of nitro groups is 1. The van der Waals surface area contributed by atoms with E-state index in [0.29, 0.717) is 6.42 Å². The minimum Gasteiger partial charge on any atom is -0.368 e. The fourth-order valence-electron chi connectivity index (χ4n) is 1.78. The Morgan fingerprint density at radius 2 is 2.16 bits per heavy atom. The maximum atomic E-state index is 11.3. The summed E-state index contributed by atoms with van der Waals surface area (Å²) >= 11 is 0. The van der Waals surface area contributed by atoms with Crippen LogP contribution in [0, 0.1) is 10.1 Å². The Labute approximate surface area is 112 Å². The van der Waals surface area contributed by atoms with E-state index in [-0.39, 0.29) is 11.7 Å². The summed E-state index contributed by atoms with van der Waals surface area (Å²) in [6.07, 6.45) is 0.692. The fraction of sp³-hybridized carbons (Fsp3) is 0.462. The average Bonchev–Trinajstić information content (AvgIpc) is 2.35. The smallest absolute Gasteiger partial charge is 0.269 e. The molecule has 0 bridgehead atoms. The molecule has 0 spiro atoms. The quantitative estimate of drug-likeness (QED) is 0.606. The number of hydrogen-bond donors (Lipinski definition) is 2. The zero-order chi connectivity index (χ0) is 14.6. The number of carbonyl (C=O) groups excluding carboxylic acids is 1. The summed E-state index contributed by atoms with van der Waals surface area (Å²) in [5.41, 5.74) is 5.26. The summed E-state index contributed by atoms with van der Waals surface area (Å²) in [5, 5.41) is 13.9. The lowest BCUT2D eigenvalue weighted by Gasteiger charge is -2.28. The Hall–Kier alpha value is -1.95. The van der Waals surface area contributed by atoms with Crippen LogP contribution in [0.1, 0.15) is 38.8 Å². The third kappa shape index (κ3) is 3.75. The Morgan fingerprint density at radius 3 is 2.63 bits per heavy atom. The lowest BCUT2D eigenvalue weighted by Crippen LogP contribution is -2.51. The van der Waals surface area contributed by atoms with Gasteiger partial charge in [-0.15, -0.1) is 0 Å². The van der Waals surface area contributed by atoms with Gasteiger partial charge in [0.05, 0.1) is 10.5 Å². The standard InChI is InChI=1S/C13H19N3O3/c1-4-11(15-13(2,3)12(14)17)9-6-5-7-10(8-9)16(18)19/h5-8,11,15H,4H2,1-3H3,(H2,14,17). The van der Waals surface area contributed by atoms with Crippen molar-refractivity contribution in [2.24, 2.45) is 5.73 Å². The number of non-ortho nitro benzene ring substituents is 1. The number of hydrogen-bond acceptors (Lipinski definition) is 4. The first-order valence-corrected chi connectivity index (χ1v) is 6.10. The minimum atomic E-state index is -0.870. The molecule has 3 N–H and O–H groups in total. The highest BCUT2D eigenvalue weighted by Gasteiger charge is 2.28. The molecule has 0 aliphatic carbocycles. The van der Waals surface area contributed by atoms with E-state index in [1.165, 1.54) is 12.1 Å². The van der Waals surface area contributed by atoms with Gasteiger partial charge in [-0.1, -0.05) is 19.1 Å². The van der Waals surface area contributed by atoms with Crippen LogP contribution in [-0.4, -0.2) is 16.4 Å². The molecule has 0 aliphatic heterocycles. The van der Waals surface area contributed by atoms with Gasteiger partial charge in [0.2, 0.25) is 5.91 Å². The summed E-state index contributed by atoms with van der Waals surface area (Å²) in [6, 6.07) is 6.22. The first-order chi connectivity index (χ1) is 8.77. The van der Waals surface area contributed by atoms with Crippen LogP contribution in [0.2, 0.25) is 0 Å². The van der Waals surface area contributed by atoms with E-state index in [9.17, 15) is 14.9 Å². The van der Waals surface area contributed by atoms with Crippen LogP contribution >= 0.6 is 0 Å². The number of nitro benzene ring substituents is 1. The van der Waals surface area contributed by atoms with Gasteiger partial charge in [-0.05, 0) is 25.8 Å². The summed E-state index contributed by atoms with van der Waals surface area (Å²) in [7, 11) is 0. The second kappa shape index (κ2) is 5.79. The van der Waals surface area contributed by atoms with Crippen LogP contribution in [0.5, 0.6) is 0 Å². The first-order valence-electron chi connectivity index (χ1n) is 6.10. The largest absolute Gasteiger partial charge is 0.368 e. The van der Waals surface area contributed by atoms with E-state index in [4.69, 9.17) is 5.73 Å². The second-order valence-corrected chi connectivity index (χ2v) is 4.95. The number of primary amides is 1. The fourth-order valence-corrected chi connectivity index (χ4v) is 1.78. The normalized spacial score (nSPS) is 13.0. The molecule has 0 saturated carbocycles. The molecule has 1 rings (SSSR count). The molecule has 0 fully saturated rings. The van der Waals surface area contributed by atoms with Crippen molar-refractivity contribution < 1.29 is 9.72 Å². The molecule has 1 amide bonds. The lowest BCUT2D eigenvalue weighted by molar-refractivity contribution is -0.384. The third-order valence-electron chi connectivity index (χ3n) is 3.04. The van der Waals surface area contributed by atoms with Crippen LogP contribution in [-0.2, 0) is 4.79 Å². The number of nitrogens with one attached hydrogen (secondary N) is 1. The highest BCUT2D eigenvalue weighted by atomic mass is 16.6. The molecular formula is C13H19N3O3. The van der Waals surface area contributed by atoms with Gasteiger partial charge in [0.25, 0.3) is 5.69 Å². The molecule has 1 unspecified atom stereocenters. The number of carbonyl (C=O) groups is 1. The van der Waals surface area contributed by atoms with Gasteiger partial charge in [0.1, 0.15) is 0 Å². The Balaban J connectivity index is 3.01. The molecule has 1 aromatic rings. The molecule has 6 heteroatoms. The van der Waals surface area contributed by atoms with Gasteiger partial charge in [0, 0.05) is 18.2 Å². The number of rotatable bonds is 6. The van der Waals surface area contributed by atoms with Crippen LogP contribution in [0.15, 0.2) is 24.3 Å². The number of nitrogens with two attached hydrogens (primary N) is 1. The van der Waals surface area contributed by atoms with Crippen molar-refractivity contribution in [2.75, 3.05) is 0 Å². The maximum Gasteiger partial charge on any atom is 0.269 e. The van der Waals surface area contributed by atoms with Crippen molar-refractivity contribution in [3.05, 3.63) is 39.9 Å². The second-order valence-electron chi connectivity index (χ2n) is 4.95. The molecule has 1 atom stereocenters. The zero-order valence-corrected chi connectivity index (χ0v) is 11.3. The SMILES string of the molecule is CCC(NC(C)(C)C(N)=O)c1cccc([N+](=O)[O-])c1. The van der Waals surface area contributed by atoms with E-state index in [2.05, 4.69) is 5.32 Å². The summed E-state index contributed by atoms with van der Waals surface area (Å²) in [5.74, 6) is -0.462. The molecule has 104 valence electrons. The number of benzene rings is 1. The lowest BCUT2D eigenvalue weighted by atomic mass is 9.97. The van der Waals surface area contributed by atoms with Gasteiger partial charge in [-0.2, -0.15) is 0 Å². The molecule has 1 aromatic carbocycles. The molecule has 19 heavy (non-hydrogen) atoms. The molecule has 0 aliphatic rings. The maximum absolute atomic E-state index is 11.3. The van der Waals surface area contributed by atoms with Crippen LogP contribution in [0.4, 0.5) is 5.69 Å². The predicted octanol–water partition coefficient (Wildman–Crippen LogP) is 1.90. The van der Waals surface area contributed by atoms with Crippen molar-refractivity contribution in [1.29, 1.82) is 0 Å². The molecule has 0 radical (unpaired) electrons. The van der Waals surface area contributed by atoms with E-state index in [1.54, 1.807) is 26.0 Å². The van der Waals surface area contributed by atoms with Crippen molar-refractivity contribution in [1.82, 2.24) is 5.32 Å². The van der Waals surface area contributed by atoms with Crippen molar-refractivity contribution in [3.63, 3.8) is 0 Å². The molecule has 0 saturated heterocycles. The van der Waals surface area contributed by atoms with Crippen molar-refractivity contribution >= 4 is 11.6 Å². The minimum absolute atomic E-state index is 0.0367. The Bertz CT molecular complexity index is 486. The number of nitrogens with zero attached hydrogens (tertiary/aromatic N) is 1.